The van der Waals surface area contributed by atoms with Crippen molar-refractivity contribution in [2.75, 3.05) is 6.54 Å². The van der Waals surface area contributed by atoms with Gasteiger partial charge >= 0.3 is 17.9 Å². The molecule has 13 nitrogen and oxygen atoms in total. The molecule has 0 saturated heterocycles. The average Bonchev–Trinajstić information content (AvgIpc) is 3.42. The summed E-state index contributed by atoms with van der Waals surface area (Å²) in [6.07, 6.45) is 0.178. The molecular formula is C39H31I4N3O10. The number of fused-ring (bicyclic) bond motifs is 6. The highest BCUT2D eigenvalue weighted by Gasteiger charge is 2.54. The Labute approximate surface area is 374 Å². The number of carbonyl (C=O) groups excluding carboxylic acids is 2. The maximum Gasteiger partial charge on any atom is 0.343 e. The fraction of sp³-hybridized carbons (Fsp3) is 0.154. The number of rotatable bonds is 8. The standard InChI is InChI=1S/C36H21I4NO10.C3H10N2/c37-24-7-15(9-28(41)33(44)45)8-25(38)31(24)48-19-13-26(39)32(27(40)14-19)50-34(46)16-1-4-21-20(10-16)35(47)51-36(21)22-5-2-17(42)11-29(22)49-30-12-18(43)3-6-23(30)36;1-3(5)2-4/h1-8,10-14,28,42-43H,9,41H2,(H,44,45);3H,2,4-5H2,1H3/t28-;/m1./s1. The summed E-state index contributed by atoms with van der Waals surface area (Å²) in [5, 5.41) is 29.5. The quantitative estimate of drug-likeness (QED) is 0.0509. The van der Waals surface area contributed by atoms with Gasteiger partial charge in [0.25, 0.3) is 0 Å². The fourth-order valence-corrected chi connectivity index (χ4v) is 10.0. The number of phenolic OH excluding ortho intramolecular Hbond substituents is 2. The molecular weight excluding hydrogens is 1180 g/mol. The van der Waals surface area contributed by atoms with Gasteiger partial charge in [-0.25, -0.2) is 9.59 Å². The average molecular weight is 1210 g/mol. The number of carboxylic acid groups (broad SMARTS) is 1. The van der Waals surface area contributed by atoms with Crippen molar-refractivity contribution in [2.24, 2.45) is 17.2 Å². The molecule has 2 heterocycles. The molecule has 0 saturated carbocycles. The van der Waals surface area contributed by atoms with Gasteiger partial charge in [0.1, 0.15) is 34.8 Å². The number of aliphatic carboxylic acids is 1. The van der Waals surface area contributed by atoms with Gasteiger partial charge in [-0.05, 0) is 170 Å². The number of hydrogen-bond donors (Lipinski definition) is 6. The Morgan fingerprint density at radius 2 is 1.30 bits per heavy atom. The van der Waals surface area contributed by atoms with Crippen molar-refractivity contribution in [3.8, 4) is 40.2 Å². The van der Waals surface area contributed by atoms with Crippen molar-refractivity contribution in [3.05, 3.63) is 127 Å². The van der Waals surface area contributed by atoms with Gasteiger partial charge in [0.05, 0.1) is 25.4 Å². The van der Waals surface area contributed by atoms with Crippen LogP contribution in [0.5, 0.6) is 40.2 Å². The molecule has 0 aromatic heterocycles. The number of esters is 2. The second-order valence-electron chi connectivity index (χ2n) is 12.8. The molecule has 0 bridgehead atoms. The predicted molar refractivity (Wildman–Crippen MR) is 239 cm³/mol. The maximum absolute atomic E-state index is 13.5. The zero-order chi connectivity index (χ0) is 40.6. The first-order chi connectivity index (χ1) is 26.5. The molecule has 5 aromatic carbocycles. The van der Waals surface area contributed by atoms with E-state index in [0.29, 0.717) is 47.6 Å². The second kappa shape index (κ2) is 17.2. The van der Waals surface area contributed by atoms with E-state index in [-0.39, 0.29) is 46.6 Å². The first kappa shape index (κ1) is 42.1. The molecule has 17 heteroatoms. The molecule has 56 heavy (non-hydrogen) atoms. The molecule has 2 aliphatic rings. The minimum Gasteiger partial charge on any atom is -0.508 e. The number of halogens is 4. The zero-order valence-corrected chi connectivity index (χ0v) is 37.6. The summed E-state index contributed by atoms with van der Waals surface area (Å²) < 4.78 is 26.9. The summed E-state index contributed by atoms with van der Waals surface area (Å²) in [4.78, 5) is 38.3. The molecule has 0 aliphatic carbocycles. The molecule has 0 fully saturated rings. The van der Waals surface area contributed by atoms with Crippen molar-refractivity contribution in [2.45, 2.75) is 31.0 Å². The highest BCUT2D eigenvalue weighted by molar-refractivity contribution is 14.1. The molecule has 0 amide bonds. The Balaban J connectivity index is 0.00000100. The summed E-state index contributed by atoms with van der Waals surface area (Å²) >= 11 is 8.37. The van der Waals surface area contributed by atoms with Crippen molar-refractivity contribution in [3.63, 3.8) is 0 Å². The van der Waals surface area contributed by atoms with Crippen molar-refractivity contribution in [1.29, 1.82) is 0 Å². The van der Waals surface area contributed by atoms with E-state index in [4.69, 9.17) is 36.1 Å². The Morgan fingerprint density at radius 1 is 0.786 bits per heavy atom. The first-order valence-corrected chi connectivity index (χ1v) is 20.9. The summed E-state index contributed by atoms with van der Waals surface area (Å²) in [6, 6.07) is 19.8. The summed E-state index contributed by atoms with van der Waals surface area (Å²) in [5.41, 5.74) is 16.9. The second-order valence-corrected chi connectivity index (χ2v) is 17.4. The predicted octanol–water partition coefficient (Wildman–Crippen LogP) is 7.34. The van der Waals surface area contributed by atoms with Crippen molar-refractivity contribution < 1.29 is 48.7 Å². The van der Waals surface area contributed by atoms with Gasteiger partial charge in [0, 0.05) is 41.4 Å². The minimum atomic E-state index is -1.46. The van der Waals surface area contributed by atoms with Crippen LogP contribution in [0.15, 0.2) is 78.9 Å². The number of phenols is 2. The van der Waals surface area contributed by atoms with E-state index in [0.717, 1.165) is 12.7 Å². The number of aromatic hydroxyl groups is 2. The Hall–Kier alpha value is -3.49. The molecule has 2 aliphatic heterocycles. The van der Waals surface area contributed by atoms with E-state index in [1.54, 1.807) is 36.4 Å². The highest BCUT2D eigenvalue weighted by Crippen LogP contribution is 2.57. The lowest BCUT2D eigenvalue weighted by Crippen LogP contribution is -2.32. The summed E-state index contributed by atoms with van der Waals surface area (Å²) in [7, 11) is 0. The lowest BCUT2D eigenvalue weighted by molar-refractivity contribution is -0.138. The third kappa shape index (κ3) is 8.53. The highest BCUT2D eigenvalue weighted by atomic mass is 127. The maximum atomic E-state index is 13.5. The van der Waals surface area contributed by atoms with Crippen LogP contribution in [0, 0.1) is 14.3 Å². The molecule has 0 radical (unpaired) electrons. The third-order valence-electron chi connectivity index (χ3n) is 8.60. The van der Waals surface area contributed by atoms with Crippen LogP contribution >= 0.6 is 90.4 Å². The van der Waals surface area contributed by atoms with E-state index >= 15 is 0 Å². The van der Waals surface area contributed by atoms with Crippen LogP contribution in [0.25, 0.3) is 0 Å². The van der Waals surface area contributed by atoms with Gasteiger partial charge in [-0.1, -0.05) is 6.07 Å². The van der Waals surface area contributed by atoms with Crippen LogP contribution in [0.4, 0.5) is 0 Å². The van der Waals surface area contributed by atoms with E-state index in [2.05, 4.69) is 90.4 Å². The summed E-state index contributed by atoms with van der Waals surface area (Å²) in [6.45, 7) is 2.46. The number of nitrogens with two attached hydrogens (primary N) is 3. The van der Waals surface area contributed by atoms with E-state index in [1.165, 1.54) is 30.3 Å². The Bertz CT molecular complexity index is 2310. The fourth-order valence-electron chi connectivity index (χ4n) is 5.96. The Morgan fingerprint density at radius 3 is 1.82 bits per heavy atom. The molecule has 5 aromatic rings. The zero-order valence-electron chi connectivity index (χ0n) is 29.0. The molecule has 2 atom stereocenters. The monoisotopic (exact) mass is 1210 g/mol. The van der Waals surface area contributed by atoms with E-state index in [1.807, 2.05) is 19.1 Å². The topological polar surface area (TPSA) is 227 Å². The van der Waals surface area contributed by atoms with Gasteiger partial charge < -0.3 is 51.5 Å². The molecule has 290 valence electrons. The number of carboxylic acids is 1. The number of carbonyl (C=O) groups is 3. The van der Waals surface area contributed by atoms with Crippen molar-refractivity contribution in [1.82, 2.24) is 0 Å². The first-order valence-electron chi connectivity index (χ1n) is 16.6. The molecule has 1 spiro atoms. The van der Waals surface area contributed by atoms with Crippen LogP contribution in [-0.4, -0.2) is 51.9 Å². The lowest BCUT2D eigenvalue weighted by Gasteiger charge is -2.36. The van der Waals surface area contributed by atoms with Gasteiger partial charge in [-0.15, -0.1) is 0 Å². The molecule has 1 unspecified atom stereocenters. The molecule has 9 N–H and O–H groups in total. The van der Waals surface area contributed by atoms with E-state index < -0.39 is 29.6 Å². The SMILES string of the molecule is CC(N)CN.N[C@H](Cc1cc(I)c(Oc2cc(I)c(OC(=O)c3ccc4c(c3)C(=O)OC43c4ccc(O)cc4Oc4cc(O)ccc43)c(I)c2)c(I)c1)C(=O)O. The Kier molecular flexibility index (Phi) is 12.9. The van der Waals surface area contributed by atoms with Crippen LogP contribution in [0.3, 0.4) is 0 Å². The van der Waals surface area contributed by atoms with Crippen LogP contribution in [0.2, 0.25) is 0 Å². The van der Waals surface area contributed by atoms with E-state index in [9.17, 15) is 29.7 Å². The minimum absolute atomic E-state index is 0.0576. The number of ether oxygens (including phenoxy) is 4. The summed E-state index contributed by atoms with van der Waals surface area (Å²) in [5.74, 6) is -0.672. The van der Waals surface area contributed by atoms with Crippen LogP contribution in [-0.2, 0) is 21.6 Å². The lowest BCUT2D eigenvalue weighted by atomic mass is 9.77. The van der Waals surface area contributed by atoms with Crippen LogP contribution in [0.1, 0.15) is 49.9 Å². The largest absolute Gasteiger partial charge is 0.508 e. The van der Waals surface area contributed by atoms with Gasteiger partial charge in [0.15, 0.2) is 17.1 Å². The normalized spacial score (nSPS) is 14.2. The van der Waals surface area contributed by atoms with Gasteiger partial charge in [0.2, 0.25) is 0 Å². The van der Waals surface area contributed by atoms with Crippen LogP contribution < -0.4 is 31.4 Å². The van der Waals surface area contributed by atoms with Gasteiger partial charge in [-0.2, -0.15) is 0 Å². The number of hydrogen-bond acceptors (Lipinski definition) is 12. The molecule has 7 rings (SSSR count). The smallest absolute Gasteiger partial charge is 0.343 e. The third-order valence-corrected chi connectivity index (χ3v) is 11.8. The van der Waals surface area contributed by atoms with Gasteiger partial charge in [-0.3, -0.25) is 4.79 Å². The van der Waals surface area contributed by atoms with Crippen molar-refractivity contribution >= 4 is 108 Å². The number of benzene rings is 5.